The zero-order valence-corrected chi connectivity index (χ0v) is 17.5. The number of primary amides is 1. The minimum absolute atomic E-state index is 0.193. The van der Waals surface area contributed by atoms with Gasteiger partial charge in [0.1, 0.15) is 0 Å². The second kappa shape index (κ2) is 6.98. The zero-order valence-electron chi connectivity index (χ0n) is 16.7. The predicted octanol–water partition coefficient (Wildman–Crippen LogP) is 4.24. The third kappa shape index (κ3) is 3.20. The Kier molecular flexibility index (Phi) is 4.54. The van der Waals surface area contributed by atoms with Crippen molar-refractivity contribution >= 4 is 23.2 Å². The maximum atomic E-state index is 13.2. The van der Waals surface area contributed by atoms with Crippen LogP contribution < -0.4 is 5.73 Å². The minimum Gasteiger partial charge on any atom is -0.369 e. The largest absolute Gasteiger partial charge is 0.369 e. The van der Waals surface area contributed by atoms with Gasteiger partial charge in [0.05, 0.1) is 5.41 Å². The molecule has 3 fully saturated rings. The van der Waals surface area contributed by atoms with Gasteiger partial charge >= 0.3 is 0 Å². The highest BCUT2D eigenvalue weighted by Crippen LogP contribution is 2.66. The first kappa shape index (κ1) is 18.9. The number of amides is 2. The fourth-order valence-electron chi connectivity index (χ4n) is 5.56. The average Bonchev–Trinajstić information content (AvgIpc) is 3.26. The molecule has 2 aliphatic carbocycles. The van der Waals surface area contributed by atoms with Crippen LogP contribution in [-0.4, -0.2) is 29.8 Å². The fraction of sp³-hybridized carbons (Fsp3) is 0.500. The maximum absolute atomic E-state index is 13.2. The van der Waals surface area contributed by atoms with E-state index in [9.17, 15) is 9.59 Å². The van der Waals surface area contributed by atoms with E-state index in [1.807, 2.05) is 23.1 Å². The van der Waals surface area contributed by atoms with Crippen molar-refractivity contribution in [3.05, 3.63) is 47.3 Å². The lowest BCUT2D eigenvalue weighted by Crippen LogP contribution is -2.54. The molecule has 0 radical (unpaired) electrons. The third-order valence-corrected chi connectivity index (χ3v) is 8.48. The van der Waals surface area contributed by atoms with Gasteiger partial charge in [-0.3, -0.25) is 9.59 Å². The molecule has 0 unspecified atom stereocenters. The monoisotopic (exact) mass is 408 g/mol. The molecule has 2 saturated carbocycles. The van der Waals surface area contributed by atoms with Crippen molar-refractivity contribution in [2.75, 3.05) is 13.1 Å². The summed E-state index contributed by atoms with van der Waals surface area (Å²) in [7, 11) is 0. The normalized spacial score (nSPS) is 27.4. The summed E-state index contributed by atoms with van der Waals surface area (Å²) >= 11 is 1.71. The molecule has 3 aliphatic rings. The number of piperidine rings is 1. The van der Waals surface area contributed by atoms with Gasteiger partial charge in [0.25, 0.3) is 0 Å². The lowest BCUT2D eigenvalue weighted by atomic mass is 9.73. The Bertz CT molecular complexity index is 934. The Morgan fingerprint density at radius 3 is 2.59 bits per heavy atom. The number of carbonyl (C=O) groups excluding carboxylic acids is 2. The standard InChI is InChI=1S/C24H28N2O2S/c25-22(28)24(14-17-6-1-2-7-18(17)20-8-3-13-29-20)11-5-12-26(16-24)21(27)19-15-23(19)9-4-10-23/h1-3,6-8,13,19H,4-5,9-12,14-16H2,(H2,25,28)/t19-,24+/m1/s1. The van der Waals surface area contributed by atoms with E-state index in [-0.39, 0.29) is 17.7 Å². The smallest absolute Gasteiger partial charge is 0.226 e. The van der Waals surface area contributed by atoms with Crippen molar-refractivity contribution in [2.45, 2.75) is 44.9 Å². The Morgan fingerprint density at radius 2 is 1.93 bits per heavy atom. The summed E-state index contributed by atoms with van der Waals surface area (Å²) in [4.78, 5) is 29.0. The third-order valence-electron chi connectivity index (χ3n) is 7.58. The van der Waals surface area contributed by atoms with E-state index >= 15 is 0 Å². The molecule has 2 amide bonds. The number of nitrogens with zero attached hydrogens (tertiary/aromatic N) is 1. The molecule has 1 spiro atoms. The van der Waals surface area contributed by atoms with Gasteiger partial charge in [-0.1, -0.05) is 36.8 Å². The van der Waals surface area contributed by atoms with Crippen LogP contribution in [0, 0.1) is 16.7 Å². The zero-order chi connectivity index (χ0) is 20.1. The molecule has 29 heavy (non-hydrogen) atoms. The van der Waals surface area contributed by atoms with E-state index in [1.165, 1.54) is 29.7 Å². The minimum atomic E-state index is -0.678. The van der Waals surface area contributed by atoms with Crippen LogP contribution in [0.25, 0.3) is 10.4 Å². The second-order valence-electron chi connectivity index (χ2n) is 9.29. The summed E-state index contributed by atoms with van der Waals surface area (Å²) in [5.41, 5.74) is 7.94. The van der Waals surface area contributed by atoms with E-state index in [2.05, 4.69) is 23.6 Å². The molecule has 4 nitrogen and oxygen atoms in total. The predicted molar refractivity (Wildman–Crippen MR) is 115 cm³/mol. The Morgan fingerprint density at radius 1 is 1.10 bits per heavy atom. The summed E-state index contributed by atoms with van der Waals surface area (Å²) in [6, 6.07) is 12.4. The molecule has 2 N–H and O–H groups in total. The van der Waals surface area contributed by atoms with Crippen LogP contribution in [0.2, 0.25) is 0 Å². The number of hydrogen-bond acceptors (Lipinski definition) is 3. The Hall–Kier alpha value is -2.14. The van der Waals surface area contributed by atoms with Crippen LogP contribution in [0.15, 0.2) is 41.8 Å². The average molecular weight is 409 g/mol. The molecule has 152 valence electrons. The van der Waals surface area contributed by atoms with Gasteiger partial charge in [-0.05, 0) is 66.5 Å². The molecule has 1 saturated heterocycles. The molecule has 2 aromatic rings. The summed E-state index contributed by atoms with van der Waals surface area (Å²) in [6.07, 6.45) is 6.90. The highest BCUT2D eigenvalue weighted by Gasteiger charge is 2.62. The van der Waals surface area contributed by atoms with Gasteiger partial charge in [-0.15, -0.1) is 11.3 Å². The lowest BCUT2D eigenvalue weighted by Gasteiger charge is -2.42. The molecule has 1 aromatic heterocycles. The summed E-state index contributed by atoms with van der Waals surface area (Å²) < 4.78 is 0. The molecule has 2 heterocycles. The first-order valence-electron chi connectivity index (χ1n) is 10.7. The van der Waals surface area contributed by atoms with Crippen LogP contribution in [-0.2, 0) is 16.0 Å². The van der Waals surface area contributed by atoms with Gasteiger partial charge in [-0.2, -0.15) is 0 Å². The maximum Gasteiger partial charge on any atom is 0.226 e. The van der Waals surface area contributed by atoms with Gasteiger partial charge in [0, 0.05) is 23.9 Å². The quantitative estimate of drug-likeness (QED) is 0.804. The van der Waals surface area contributed by atoms with Crippen LogP contribution in [0.5, 0.6) is 0 Å². The van der Waals surface area contributed by atoms with E-state index in [1.54, 1.807) is 11.3 Å². The Labute approximate surface area is 176 Å². The summed E-state index contributed by atoms with van der Waals surface area (Å²) in [6.45, 7) is 1.22. The van der Waals surface area contributed by atoms with Gasteiger partial charge in [-0.25, -0.2) is 0 Å². The lowest BCUT2D eigenvalue weighted by molar-refractivity contribution is -0.141. The van der Waals surface area contributed by atoms with E-state index in [4.69, 9.17) is 5.73 Å². The van der Waals surface area contributed by atoms with Gasteiger partial charge in [0.15, 0.2) is 0 Å². The van der Waals surface area contributed by atoms with Crippen molar-refractivity contribution in [1.29, 1.82) is 0 Å². The first-order valence-corrected chi connectivity index (χ1v) is 11.6. The molecule has 5 heteroatoms. The number of hydrogen-bond donors (Lipinski definition) is 1. The SMILES string of the molecule is NC(=O)[C@]1(Cc2ccccc2-c2cccs2)CCCN(C(=O)[C@H]2CC23CCC3)C1. The van der Waals surface area contributed by atoms with Crippen LogP contribution in [0.4, 0.5) is 0 Å². The van der Waals surface area contributed by atoms with Crippen molar-refractivity contribution in [3.63, 3.8) is 0 Å². The molecular formula is C24H28N2O2S. The van der Waals surface area contributed by atoms with Crippen molar-refractivity contribution in [2.24, 2.45) is 22.5 Å². The fourth-order valence-corrected chi connectivity index (χ4v) is 6.35. The number of rotatable bonds is 5. The molecule has 5 rings (SSSR count). The van der Waals surface area contributed by atoms with E-state index in [0.29, 0.717) is 18.4 Å². The molecule has 1 aliphatic heterocycles. The van der Waals surface area contributed by atoms with Crippen molar-refractivity contribution in [3.8, 4) is 10.4 Å². The first-order chi connectivity index (χ1) is 14.0. The van der Waals surface area contributed by atoms with Gasteiger partial charge < -0.3 is 10.6 Å². The van der Waals surface area contributed by atoms with Crippen LogP contribution in [0.3, 0.4) is 0 Å². The number of thiophene rings is 1. The molecule has 1 aromatic carbocycles. The van der Waals surface area contributed by atoms with E-state index < -0.39 is 5.41 Å². The number of likely N-dealkylation sites (tertiary alicyclic amines) is 1. The topological polar surface area (TPSA) is 63.4 Å². The second-order valence-corrected chi connectivity index (χ2v) is 10.2. The highest BCUT2D eigenvalue weighted by molar-refractivity contribution is 7.13. The molecular weight excluding hydrogens is 380 g/mol. The summed E-state index contributed by atoms with van der Waals surface area (Å²) in [5, 5.41) is 2.07. The van der Waals surface area contributed by atoms with Crippen LogP contribution in [0.1, 0.15) is 44.1 Å². The van der Waals surface area contributed by atoms with Crippen molar-refractivity contribution < 1.29 is 9.59 Å². The summed E-state index contributed by atoms with van der Waals surface area (Å²) in [5.74, 6) is 0.185. The van der Waals surface area contributed by atoms with E-state index in [0.717, 1.165) is 31.4 Å². The number of carbonyl (C=O) groups is 2. The van der Waals surface area contributed by atoms with Gasteiger partial charge in [0.2, 0.25) is 11.8 Å². The van der Waals surface area contributed by atoms with Crippen LogP contribution >= 0.6 is 11.3 Å². The highest BCUT2D eigenvalue weighted by atomic mass is 32.1. The molecule has 2 atom stereocenters. The number of benzene rings is 1. The number of nitrogens with two attached hydrogens (primary N) is 1. The molecule has 0 bridgehead atoms. The Balaban J connectivity index is 1.40. The van der Waals surface area contributed by atoms with Crippen molar-refractivity contribution in [1.82, 2.24) is 4.90 Å².